The minimum atomic E-state index is 0.494. The van der Waals surface area contributed by atoms with Crippen LogP contribution in [-0.4, -0.2) is 12.6 Å². The van der Waals surface area contributed by atoms with Crippen LogP contribution in [0.15, 0.2) is 48.1 Å². The fourth-order valence-corrected chi connectivity index (χ4v) is 2.37. The molecule has 0 saturated carbocycles. The minimum Gasteiger partial charge on any atom is -0.382 e. The Bertz CT molecular complexity index is 473. The maximum Gasteiger partial charge on any atom is 0.0716 e. The molecule has 2 heteroatoms. The van der Waals surface area contributed by atoms with Gasteiger partial charge in [-0.1, -0.05) is 55.7 Å². The van der Waals surface area contributed by atoms with Gasteiger partial charge in [0, 0.05) is 18.3 Å². The van der Waals surface area contributed by atoms with Crippen LogP contribution in [0.1, 0.15) is 58.9 Å². The van der Waals surface area contributed by atoms with Crippen LogP contribution in [0.2, 0.25) is 0 Å². The van der Waals surface area contributed by atoms with Gasteiger partial charge in [-0.05, 0) is 51.3 Å². The quantitative estimate of drug-likeness (QED) is 0.498. The molecule has 23 heavy (non-hydrogen) atoms. The Kier molecular flexibility index (Phi) is 10.1. The van der Waals surface area contributed by atoms with Crippen molar-refractivity contribution in [3.63, 3.8) is 0 Å². The number of ether oxygens (including phenoxy) is 1. The second kappa shape index (κ2) is 12.0. The van der Waals surface area contributed by atoms with E-state index in [-0.39, 0.29) is 0 Å². The molecular weight excluding hydrogens is 282 g/mol. The molecule has 0 aliphatic carbocycles. The van der Waals surface area contributed by atoms with Crippen LogP contribution in [0, 0.1) is 0 Å². The third kappa shape index (κ3) is 8.61. The van der Waals surface area contributed by atoms with E-state index >= 15 is 0 Å². The number of nitrogens with one attached hydrogen (secondary N) is 1. The van der Waals surface area contributed by atoms with Crippen molar-refractivity contribution in [2.45, 2.75) is 66.0 Å². The lowest BCUT2D eigenvalue weighted by Gasteiger charge is -2.18. The molecule has 0 aliphatic rings. The molecule has 1 N–H and O–H groups in total. The van der Waals surface area contributed by atoms with Crippen molar-refractivity contribution in [1.29, 1.82) is 0 Å². The molecular formula is C21H33NO. The van der Waals surface area contributed by atoms with Crippen LogP contribution in [0.4, 0.5) is 5.69 Å². The summed E-state index contributed by atoms with van der Waals surface area (Å²) in [4.78, 5) is 0. The van der Waals surface area contributed by atoms with Gasteiger partial charge in [-0.15, -0.1) is 0 Å². The number of benzene rings is 1. The first-order chi connectivity index (χ1) is 11.2. The average molecular weight is 316 g/mol. The zero-order valence-corrected chi connectivity index (χ0v) is 15.3. The molecule has 0 radical (unpaired) electrons. The highest BCUT2D eigenvalue weighted by Crippen LogP contribution is 2.16. The van der Waals surface area contributed by atoms with Gasteiger partial charge in [-0.2, -0.15) is 0 Å². The Morgan fingerprint density at radius 3 is 2.57 bits per heavy atom. The number of allylic oxidation sites excluding steroid dienone is 3. The second-order valence-corrected chi connectivity index (χ2v) is 5.99. The fraction of sp³-hybridized carbons (Fsp3) is 0.524. The number of rotatable bonds is 11. The standard InChI is InChI=1S/C21H33NO/c1-5-8-11-20(12-9-10-18(4)6-2)22-21-15-13-19(14-16-21)17-23-7-3/h6,9-10,13-16,20,22H,5,7-8,11-12,17H2,1-4H3/b10-9-,18-6-. The van der Waals surface area contributed by atoms with Crippen molar-refractivity contribution in [2.75, 3.05) is 11.9 Å². The van der Waals surface area contributed by atoms with Gasteiger partial charge in [-0.3, -0.25) is 0 Å². The van der Waals surface area contributed by atoms with E-state index in [0.717, 1.165) is 13.0 Å². The Hall–Kier alpha value is -1.54. The SMILES string of the molecule is C/C=C(C)\C=C/CC(CCCC)Nc1ccc(COCC)cc1. The molecule has 1 aromatic rings. The van der Waals surface area contributed by atoms with E-state index in [1.807, 2.05) is 6.92 Å². The summed E-state index contributed by atoms with van der Waals surface area (Å²) in [6, 6.07) is 9.11. The van der Waals surface area contributed by atoms with Crippen LogP contribution < -0.4 is 5.32 Å². The van der Waals surface area contributed by atoms with E-state index in [0.29, 0.717) is 12.6 Å². The predicted octanol–water partition coefficient (Wildman–Crippen LogP) is 6.11. The lowest BCUT2D eigenvalue weighted by Crippen LogP contribution is -2.18. The van der Waals surface area contributed by atoms with Crippen LogP contribution in [0.3, 0.4) is 0 Å². The maximum atomic E-state index is 5.44. The third-order valence-corrected chi connectivity index (χ3v) is 3.96. The minimum absolute atomic E-state index is 0.494. The normalized spacial score (nSPS) is 13.5. The molecule has 0 aromatic heterocycles. The van der Waals surface area contributed by atoms with Gasteiger partial charge in [0.1, 0.15) is 0 Å². The Morgan fingerprint density at radius 1 is 1.22 bits per heavy atom. The zero-order chi connectivity index (χ0) is 16.9. The van der Waals surface area contributed by atoms with Crippen molar-refractivity contribution in [1.82, 2.24) is 0 Å². The van der Waals surface area contributed by atoms with Crippen LogP contribution >= 0.6 is 0 Å². The molecule has 0 bridgehead atoms. The monoisotopic (exact) mass is 315 g/mol. The highest BCUT2D eigenvalue weighted by Gasteiger charge is 2.06. The molecule has 0 saturated heterocycles. The van der Waals surface area contributed by atoms with E-state index in [2.05, 4.69) is 68.6 Å². The summed E-state index contributed by atoms with van der Waals surface area (Å²) in [5, 5.41) is 3.68. The van der Waals surface area contributed by atoms with Gasteiger partial charge in [0.25, 0.3) is 0 Å². The number of hydrogen-bond acceptors (Lipinski definition) is 2. The van der Waals surface area contributed by atoms with Gasteiger partial charge in [0.05, 0.1) is 6.61 Å². The summed E-state index contributed by atoms with van der Waals surface area (Å²) >= 11 is 0. The van der Waals surface area contributed by atoms with E-state index in [1.54, 1.807) is 0 Å². The lowest BCUT2D eigenvalue weighted by atomic mass is 10.0. The van der Waals surface area contributed by atoms with Gasteiger partial charge in [-0.25, -0.2) is 0 Å². The Morgan fingerprint density at radius 2 is 1.96 bits per heavy atom. The zero-order valence-electron chi connectivity index (χ0n) is 15.3. The van der Waals surface area contributed by atoms with Gasteiger partial charge in [0.15, 0.2) is 0 Å². The Balaban J connectivity index is 2.59. The molecule has 1 atom stereocenters. The largest absolute Gasteiger partial charge is 0.382 e. The molecule has 1 aromatic carbocycles. The van der Waals surface area contributed by atoms with Gasteiger partial charge >= 0.3 is 0 Å². The molecule has 1 unspecified atom stereocenters. The molecule has 0 heterocycles. The predicted molar refractivity (Wildman–Crippen MR) is 102 cm³/mol. The summed E-state index contributed by atoms with van der Waals surface area (Å²) < 4.78 is 5.44. The van der Waals surface area contributed by atoms with Crippen LogP contribution in [0.5, 0.6) is 0 Å². The Labute approximate surface area is 142 Å². The highest BCUT2D eigenvalue weighted by molar-refractivity contribution is 5.45. The molecule has 2 nitrogen and oxygen atoms in total. The molecule has 0 amide bonds. The van der Waals surface area contributed by atoms with E-state index in [4.69, 9.17) is 4.74 Å². The molecule has 128 valence electrons. The summed E-state index contributed by atoms with van der Waals surface area (Å²) in [6.07, 6.45) is 11.4. The topological polar surface area (TPSA) is 21.3 Å². The summed E-state index contributed by atoms with van der Waals surface area (Å²) in [7, 11) is 0. The molecule has 0 aliphatic heterocycles. The van der Waals surface area contributed by atoms with Gasteiger partial charge in [0.2, 0.25) is 0 Å². The second-order valence-electron chi connectivity index (χ2n) is 5.99. The average Bonchev–Trinajstić information content (AvgIpc) is 2.58. The summed E-state index contributed by atoms with van der Waals surface area (Å²) in [5.74, 6) is 0. The fourth-order valence-electron chi connectivity index (χ4n) is 2.37. The van der Waals surface area contributed by atoms with Crippen molar-refractivity contribution >= 4 is 5.69 Å². The van der Waals surface area contributed by atoms with E-state index in [1.165, 1.54) is 36.1 Å². The van der Waals surface area contributed by atoms with Crippen molar-refractivity contribution in [3.8, 4) is 0 Å². The maximum absolute atomic E-state index is 5.44. The first kappa shape index (κ1) is 19.5. The van der Waals surface area contributed by atoms with Crippen LogP contribution in [-0.2, 0) is 11.3 Å². The van der Waals surface area contributed by atoms with Crippen molar-refractivity contribution in [2.24, 2.45) is 0 Å². The highest BCUT2D eigenvalue weighted by atomic mass is 16.5. The molecule has 0 fully saturated rings. The van der Waals surface area contributed by atoms with Crippen molar-refractivity contribution in [3.05, 3.63) is 53.6 Å². The van der Waals surface area contributed by atoms with Crippen molar-refractivity contribution < 1.29 is 4.74 Å². The summed E-state index contributed by atoms with van der Waals surface area (Å²) in [5.41, 5.74) is 3.74. The van der Waals surface area contributed by atoms with E-state index < -0.39 is 0 Å². The summed E-state index contributed by atoms with van der Waals surface area (Å²) in [6.45, 7) is 9.95. The number of unbranched alkanes of at least 4 members (excludes halogenated alkanes) is 1. The molecule has 1 rings (SSSR count). The first-order valence-corrected chi connectivity index (χ1v) is 8.92. The number of hydrogen-bond donors (Lipinski definition) is 1. The lowest BCUT2D eigenvalue weighted by molar-refractivity contribution is 0.134. The molecule has 0 spiro atoms. The number of anilines is 1. The van der Waals surface area contributed by atoms with Crippen LogP contribution in [0.25, 0.3) is 0 Å². The first-order valence-electron chi connectivity index (χ1n) is 8.92. The van der Waals surface area contributed by atoms with Gasteiger partial charge < -0.3 is 10.1 Å². The van der Waals surface area contributed by atoms with E-state index in [9.17, 15) is 0 Å². The third-order valence-electron chi connectivity index (χ3n) is 3.96. The smallest absolute Gasteiger partial charge is 0.0716 e.